The summed E-state index contributed by atoms with van der Waals surface area (Å²) in [6.45, 7) is 1.41. The molecule has 3 aromatic rings. The number of aliphatic hydroxyl groups is 1. The van der Waals surface area contributed by atoms with Crippen LogP contribution in [-0.4, -0.2) is 21.4 Å². The predicted octanol–water partition coefficient (Wildman–Crippen LogP) is 4.03. The van der Waals surface area contributed by atoms with Gasteiger partial charge in [-0.1, -0.05) is 0 Å². The van der Waals surface area contributed by atoms with Crippen LogP contribution >= 0.6 is 0 Å². The van der Waals surface area contributed by atoms with Crippen LogP contribution in [0, 0.1) is 22.7 Å². The number of aromatic nitrogens is 2. The molecular weight excluding hydrogens is 399 g/mol. The molecule has 2 N–H and O–H groups in total. The Balaban J connectivity index is 1.90. The van der Waals surface area contributed by atoms with Crippen LogP contribution in [-0.2, 0) is 6.18 Å². The van der Waals surface area contributed by atoms with Crippen LogP contribution in [0.3, 0.4) is 0 Å². The fourth-order valence-corrected chi connectivity index (χ4v) is 2.70. The second-order valence-electron chi connectivity index (χ2n) is 6.37. The van der Waals surface area contributed by atoms with E-state index in [4.69, 9.17) is 14.9 Å². The molecule has 1 heterocycles. The lowest BCUT2D eigenvalue weighted by molar-refractivity contribution is -0.137. The van der Waals surface area contributed by atoms with Crippen LogP contribution in [0.1, 0.15) is 35.5 Å². The number of alkyl halides is 3. The Hall–Kier alpha value is -3.89. The van der Waals surface area contributed by atoms with Crippen LogP contribution in [0.25, 0.3) is 11.5 Å². The molecule has 0 aliphatic rings. The van der Waals surface area contributed by atoms with Crippen molar-refractivity contribution in [3.05, 3.63) is 65.0 Å². The van der Waals surface area contributed by atoms with Crippen LogP contribution in [0.15, 0.2) is 46.9 Å². The number of hydrogen-bond acceptors (Lipinski definition) is 7. The van der Waals surface area contributed by atoms with Gasteiger partial charge in [0.1, 0.15) is 6.04 Å². The summed E-state index contributed by atoms with van der Waals surface area (Å²) in [5.74, 6) is 0.0834. The summed E-state index contributed by atoms with van der Waals surface area (Å²) in [7, 11) is 0. The molecule has 1 aromatic heterocycles. The van der Waals surface area contributed by atoms with Gasteiger partial charge in [0.15, 0.2) is 0 Å². The maximum atomic E-state index is 13.2. The number of rotatable bonds is 5. The van der Waals surface area contributed by atoms with Crippen molar-refractivity contribution in [1.29, 1.82) is 10.5 Å². The molecule has 0 bridgehead atoms. The van der Waals surface area contributed by atoms with Crippen molar-refractivity contribution >= 4 is 5.69 Å². The monoisotopic (exact) mass is 413 g/mol. The second kappa shape index (κ2) is 8.23. The van der Waals surface area contributed by atoms with Crippen LogP contribution < -0.4 is 5.32 Å². The molecule has 0 aliphatic heterocycles. The Morgan fingerprint density at radius 3 is 2.33 bits per heavy atom. The maximum absolute atomic E-state index is 13.2. The normalized spacial score (nSPS) is 13.2. The van der Waals surface area contributed by atoms with E-state index in [1.54, 1.807) is 24.3 Å². The quantitative estimate of drug-likeness (QED) is 0.648. The van der Waals surface area contributed by atoms with Crippen LogP contribution in [0.5, 0.6) is 0 Å². The second-order valence-corrected chi connectivity index (χ2v) is 6.37. The van der Waals surface area contributed by atoms with Gasteiger partial charge in [-0.25, -0.2) is 0 Å². The van der Waals surface area contributed by atoms with Gasteiger partial charge >= 0.3 is 6.18 Å². The van der Waals surface area contributed by atoms with Crippen molar-refractivity contribution in [2.75, 3.05) is 5.32 Å². The molecule has 0 fully saturated rings. The average Bonchev–Trinajstić information content (AvgIpc) is 3.20. The molecule has 10 heteroatoms. The van der Waals surface area contributed by atoms with Gasteiger partial charge in [0.05, 0.1) is 34.9 Å². The molecule has 3 rings (SSSR count). The van der Waals surface area contributed by atoms with E-state index < -0.39 is 29.4 Å². The van der Waals surface area contributed by atoms with E-state index in [1.165, 1.54) is 19.1 Å². The summed E-state index contributed by atoms with van der Waals surface area (Å²) < 4.78 is 45.1. The summed E-state index contributed by atoms with van der Waals surface area (Å²) in [6.07, 6.45) is -5.81. The minimum atomic E-state index is -4.71. The largest absolute Gasteiger partial charge is 0.418 e. The molecule has 0 radical (unpaired) electrons. The average molecular weight is 413 g/mol. The minimum absolute atomic E-state index is 0.0188. The third kappa shape index (κ3) is 4.40. The summed E-state index contributed by atoms with van der Waals surface area (Å²) in [5, 5.41) is 38.4. The molecule has 0 amide bonds. The molecule has 0 saturated heterocycles. The highest BCUT2D eigenvalue weighted by Crippen LogP contribution is 2.34. The van der Waals surface area contributed by atoms with Gasteiger partial charge in [-0.2, -0.15) is 23.7 Å². The molecular formula is C20H14F3N5O2. The molecule has 0 spiro atoms. The van der Waals surface area contributed by atoms with Gasteiger partial charge in [0.2, 0.25) is 11.8 Å². The predicted molar refractivity (Wildman–Crippen MR) is 98.7 cm³/mol. The van der Waals surface area contributed by atoms with E-state index in [2.05, 4.69) is 15.5 Å². The van der Waals surface area contributed by atoms with E-state index in [-0.39, 0.29) is 17.5 Å². The van der Waals surface area contributed by atoms with Gasteiger partial charge in [-0.05, 0) is 49.4 Å². The molecule has 2 aromatic carbocycles. The first-order chi connectivity index (χ1) is 14.2. The molecule has 30 heavy (non-hydrogen) atoms. The zero-order valence-electron chi connectivity index (χ0n) is 15.5. The van der Waals surface area contributed by atoms with Gasteiger partial charge in [-0.15, -0.1) is 10.2 Å². The SMILES string of the molecule is C[C@@H](O)[C@@H](Nc1ccc(C#N)c(C(F)(F)F)c1)c1nnc(-c2ccc(C#N)cc2)o1. The highest BCUT2D eigenvalue weighted by atomic mass is 19.4. The summed E-state index contributed by atoms with van der Waals surface area (Å²) in [5.41, 5.74) is -0.603. The lowest BCUT2D eigenvalue weighted by Gasteiger charge is -2.20. The number of benzene rings is 2. The molecule has 0 saturated carbocycles. The fourth-order valence-electron chi connectivity index (χ4n) is 2.70. The fraction of sp³-hybridized carbons (Fsp3) is 0.200. The van der Waals surface area contributed by atoms with Crippen molar-refractivity contribution in [1.82, 2.24) is 10.2 Å². The smallest absolute Gasteiger partial charge is 0.417 e. The summed E-state index contributed by atoms with van der Waals surface area (Å²) in [4.78, 5) is 0. The molecule has 152 valence electrons. The van der Waals surface area contributed by atoms with Crippen molar-refractivity contribution < 1.29 is 22.7 Å². The van der Waals surface area contributed by atoms with E-state index in [1.807, 2.05) is 6.07 Å². The Morgan fingerprint density at radius 1 is 1.07 bits per heavy atom. The Morgan fingerprint density at radius 2 is 1.77 bits per heavy atom. The zero-order valence-corrected chi connectivity index (χ0v) is 15.5. The zero-order chi connectivity index (χ0) is 21.9. The highest BCUT2D eigenvalue weighted by Gasteiger charge is 2.34. The van der Waals surface area contributed by atoms with Crippen molar-refractivity contribution in [3.8, 4) is 23.6 Å². The van der Waals surface area contributed by atoms with Crippen LogP contribution in [0.2, 0.25) is 0 Å². The Kier molecular flexibility index (Phi) is 5.72. The first-order valence-electron chi connectivity index (χ1n) is 8.63. The number of halogens is 3. The number of aliphatic hydroxyl groups excluding tert-OH is 1. The van der Waals surface area contributed by atoms with Crippen molar-refractivity contribution in [2.24, 2.45) is 0 Å². The minimum Gasteiger partial charge on any atom is -0.418 e. The maximum Gasteiger partial charge on any atom is 0.417 e. The number of nitrogens with zero attached hydrogens (tertiary/aromatic N) is 4. The third-order valence-corrected chi connectivity index (χ3v) is 4.22. The van der Waals surface area contributed by atoms with Gasteiger partial charge in [0.25, 0.3) is 0 Å². The van der Waals surface area contributed by atoms with Gasteiger partial charge in [-0.3, -0.25) is 0 Å². The molecule has 2 atom stereocenters. The summed E-state index contributed by atoms with van der Waals surface area (Å²) >= 11 is 0. The highest BCUT2D eigenvalue weighted by molar-refractivity contribution is 5.55. The lowest BCUT2D eigenvalue weighted by atomic mass is 10.1. The van der Waals surface area contributed by atoms with Crippen molar-refractivity contribution in [3.63, 3.8) is 0 Å². The third-order valence-electron chi connectivity index (χ3n) is 4.22. The van der Waals surface area contributed by atoms with E-state index in [0.717, 1.165) is 12.1 Å². The van der Waals surface area contributed by atoms with E-state index >= 15 is 0 Å². The summed E-state index contributed by atoms with van der Waals surface area (Å²) in [6, 6.07) is 12.0. The number of anilines is 1. The Bertz CT molecular complexity index is 1130. The number of hydrogen-bond donors (Lipinski definition) is 2. The number of nitriles is 2. The first kappa shape index (κ1) is 20.8. The molecule has 7 nitrogen and oxygen atoms in total. The Labute approximate surface area is 169 Å². The number of nitrogens with one attached hydrogen (secondary N) is 1. The lowest BCUT2D eigenvalue weighted by Crippen LogP contribution is -2.23. The standard InChI is InChI=1S/C20H14F3N5O2/c1-11(29)17(26-15-7-6-14(10-25)16(8-15)20(21,22)23)19-28-27-18(30-19)13-4-2-12(9-24)3-5-13/h2-8,11,17,26,29H,1H3/t11-,17-/m1/s1. The van der Waals surface area contributed by atoms with Crippen LogP contribution in [0.4, 0.5) is 18.9 Å². The topological polar surface area (TPSA) is 119 Å². The van der Waals surface area contributed by atoms with Gasteiger partial charge < -0.3 is 14.8 Å². The first-order valence-corrected chi connectivity index (χ1v) is 8.63. The molecule has 0 aliphatic carbocycles. The van der Waals surface area contributed by atoms with Crippen molar-refractivity contribution in [2.45, 2.75) is 25.2 Å². The van der Waals surface area contributed by atoms with E-state index in [9.17, 15) is 18.3 Å². The van der Waals surface area contributed by atoms with Gasteiger partial charge in [0, 0.05) is 11.3 Å². The molecule has 0 unspecified atom stereocenters. The van der Waals surface area contributed by atoms with E-state index in [0.29, 0.717) is 11.1 Å².